The van der Waals surface area contributed by atoms with Crippen molar-refractivity contribution in [2.24, 2.45) is 17.6 Å². The maximum Gasteiger partial charge on any atom is 0.410 e. The number of hydrogen-bond acceptors (Lipinski definition) is 3. The Bertz CT molecular complexity index is 297. The summed E-state index contributed by atoms with van der Waals surface area (Å²) in [5.41, 5.74) is 5.53. The molecule has 2 N–H and O–H groups in total. The average Bonchev–Trinajstić information content (AvgIpc) is 2.15. The second-order valence-corrected chi connectivity index (χ2v) is 6.82. The van der Waals surface area contributed by atoms with E-state index in [-0.39, 0.29) is 11.7 Å². The minimum atomic E-state index is -0.389. The van der Waals surface area contributed by atoms with Crippen molar-refractivity contribution >= 4 is 6.09 Å². The summed E-state index contributed by atoms with van der Waals surface area (Å²) < 4.78 is 5.36. The molecule has 1 amide bonds. The van der Waals surface area contributed by atoms with E-state index in [1.807, 2.05) is 25.7 Å². The molecule has 2 aliphatic rings. The monoisotopic (exact) mass is 254 g/mol. The highest BCUT2D eigenvalue weighted by atomic mass is 16.6. The molecule has 104 valence electrons. The van der Waals surface area contributed by atoms with Gasteiger partial charge in [0.15, 0.2) is 0 Å². The lowest BCUT2D eigenvalue weighted by Gasteiger charge is -2.45. The zero-order chi connectivity index (χ0) is 13.3. The van der Waals surface area contributed by atoms with Gasteiger partial charge in [-0.3, -0.25) is 0 Å². The van der Waals surface area contributed by atoms with Crippen molar-refractivity contribution in [3.8, 4) is 0 Å². The van der Waals surface area contributed by atoms with Crippen molar-refractivity contribution in [1.29, 1.82) is 0 Å². The van der Waals surface area contributed by atoms with Gasteiger partial charge in [-0.25, -0.2) is 4.79 Å². The number of amides is 1. The van der Waals surface area contributed by atoms with Crippen LogP contribution in [0.15, 0.2) is 0 Å². The van der Waals surface area contributed by atoms with Crippen molar-refractivity contribution < 1.29 is 9.53 Å². The first-order valence-corrected chi connectivity index (χ1v) is 7.08. The molecule has 1 saturated carbocycles. The van der Waals surface area contributed by atoms with Gasteiger partial charge in [-0.05, 0) is 58.3 Å². The summed E-state index contributed by atoms with van der Waals surface area (Å²) >= 11 is 0. The van der Waals surface area contributed by atoms with Gasteiger partial charge >= 0.3 is 6.09 Å². The van der Waals surface area contributed by atoms with E-state index >= 15 is 0 Å². The fourth-order valence-electron chi connectivity index (χ4n) is 2.90. The molecule has 4 heteroatoms. The van der Waals surface area contributed by atoms with E-state index in [0.717, 1.165) is 31.8 Å². The van der Waals surface area contributed by atoms with Crippen LogP contribution >= 0.6 is 0 Å². The Balaban J connectivity index is 1.72. The van der Waals surface area contributed by atoms with Gasteiger partial charge in [0, 0.05) is 19.1 Å². The first kappa shape index (κ1) is 13.7. The predicted octanol–water partition coefficient (Wildman–Crippen LogP) is 2.37. The minimum Gasteiger partial charge on any atom is -0.444 e. The number of nitrogens with zero attached hydrogens (tertiary/aromatic N) is 1. The minimum absolute atomic E-state index is 0.161. The number of carbonyl (C=O) groups is 1. The molecule has 0 unspecified atom stereocenters. The highest BCUT2D eigenvalue weighted by Gasteiger charge is 2.38. The van der Waals surface area contributed by atoms with Crippen LogP contribution in [-0.4, -0.2) is 35.7 Å². The fraction of sp³-hybridized carbons (Fsp3) is 0.929. The lowest BCUT2D eigenvalue weighted by atomic mass is 9.75. The van der Waals surface area contributed by atoms with E-state index in [9.17, 15) is 4.79 Å². The Hall–Kier alpha value is -0.770. The molecule has 1 aliphatic carbocycles. The Morgan fingerprint density at radius 2 is 1.67 bits per heavy atom. The number of carbonyl (C=O) groups excluding carboxylic acids is 1. The molecule has 2 rings (SSSR count). The first-order valence-electron chi connectivity index (χ1n) is 7.08. The van der Waals surface area contributed by atoms with Crippen LogP contribution < -0.4 is 5.73 Å². The molecule has 0 spiro atoms. The summed E-state index contributed by atoms with van der Waals surface area (Å²) in [6.07, 6.45) is 4.59. The van der Waals surface area contributed by atoms with Crippen molar-refractivity contribution in [3.05, 3.63) is 0 Å². The summed E-state index contributed by atoms with van der Waals surface area (Å²) in [7, 11) is 0. The highest BCUT2D eigenvalue weighted by Crippen LogP contribution is 2.35. The second-order valence-electron chi connectivity index (χ2n) is 6.82. The first-order chi connectivity index (χ1) is 8.35. The Morgan fingerprint density at radius 3 is 2.17 bits per heavy atom. The Morgan fingerprint density at radius 1 is 1.11 bits per heavy atom. The third-order valence-electron chi connectivity index (χ3n) is 4.04. The van der Waals surface area contributed by atoms with Gasteiger partial charge in [0.25, 0.3) is 0 Å². The van der Waals surface area contributed by atoms with Crippen LogP contribution in [0.25, 0.3) is 0 Å². The molecule has 0 aromatic rings. The molecule has 4 nitrogen and oxygen atoms in total. The lowest BCUT2D eigenvalue weighted by Crippen LogP contribution is -2.54. The summed E-state index contributed by atoms with van der Waals surface area (Å²) in [6.45, 7) is 7.46. The van der Waals surface area contributed by atoms with Crippen molar-refractivity contribution in [1.82, 2.24) is 4.90 Å². The normalized spacial score (nSPS) is 29.9. The van der Waals surface area contributed by atoms with Crippen molar-refractivity contribution in [2.75, 3.05) is 13.1 Å². The lowest BCUT2D eigenvalue weighted by molar-refractivity contribution is -0.0149. The van der Waals surface area contributed by atoms with Gasteiger partial charge in [-0.1, -0.05) is 0 Å². The largest absolute Gasteiger partial charge is 0.444 e. The van der Waals surface area contributed by atoms with Gasteiger partial charge in [0.05, 0.1) is 0 Å². The summed E-state index contributed by atoms with van der Waals surface area (Å²) in [5, 5.41) is 0. The van der Waals surface area contributed by atoms with Crippen LogP contribution in [0.2, 0.25) is 0 Å². The smallest absolute Gasteiger partial charge is 0.410 e. The van der Waals surface area contributed by atoms with Gasteiger partial charge in [0.2, 0.25) is 0 Å². The molecule has 0 bridgehead atoms. The molecule has 1 aliphatic heterocycles. The van der Waals surface area contributed by atoms with Gasteiger partial charge in [-0.2, -0.15) is 0 Å². The second kappa shape index (κ2) is 5.08. The summed E-state index contributed by atoms with van der Waals surface area (Å²) in [6, 6.07) is 0.406. The molecule has 0 aromatic carbocycles. The molecular weight excluding hydrogens is 228 g/mol. The number of rotatable bonds is 1. The molecule has 1 saturated heterocycles. The SMILES string of the molecule is CC(C)(C)OC(=O)N1CC(C2CCC(N)CC2)C1. The molecule has 18 heavy (non-hydrogen) atoms. The van der Waals surface area contributed by atoms with Gasteiger partial charge in [0.1, 0.15) is 5.60 Å². The molecular formula is C14H26N2O2. The molecule has 0 aromatic heterocycles. The molecule has 0 atom stereocenters. The zero-order valence-corrected chi connectivity index (χ0v) is 11.8. The number of nitrogens with two attached hydrogens (primary N) is 1. The van der Waals surface area contributed by atoms with E-state index in [1.54, 1.807) is 0 Å². The van der Waals surface area contributed by atoms with E-state index < -0.39 is 0 Å². The van der Waals surface area contributed by atoms with Crippen LogP contribution in [0.3, 0.4) is 0 Å². The zero-order valence-electron chi connectivity index (χ0n) is 11.8. The quantitative estimate of drug-likeness (QED) is 0.781. The predicted molar refractivity (Wildman–Crippen MR) is 71.2 cm³/mol. The average molecular weight is 254 g/mol. The van der Waals surface area contributed by atoms with Crippen LogP contribution in [0, 0.1) is 11.8 Å². The number of ether oxygens (including phenoxy) is 1. The van der Waals surface area contributed by atoms with E-state index in [0.29, 0.717) is 12.0 Å². The summed E-state index contributed by atoms with van der Waals surface area (Å²) in [5.74, 6) is 1.44. The highest BCUT2D eigenvalue weighted by molar-refractivity contribution is 5.69. The number of hydrogen-bond donors (Lipinski definition) is 1. The van der Waals surface area contributed by atoms with E-state index in [1.165, 1.54) is 12.8 Å². The topological polar surface area (TPSA) is 55.6 Å². The molecule has 1 heterocycles. The van der Waals surface area contributed by atoms with Crippen LogP contribution in [0.4, 0.5) is 4.79 Å². The maximum absolute atomic E-state index is 11.8. The third-order valence-corrected chi connectivity index (χ3v) is 4.04. The van der Waals surface area contributed by atoms with Crippen molar-refractivity contribution in [3.63, 3.8) is 0 Å². The van der Waals surface area contributed by atoms with E-state index in [4.69, 9.17) is 10.5 Å². The van der Waals surface area contributed by atoms with E-state index in [2.05, 4.69) is 0 Å². The molecule has 2 fully saturated rings. The fourth-order valence-corrected chi connectivity index (χ4v) is 2.90. The Kier molecular flexibility index (Phi) is 3.85. The molecule has 0 radical (unpaired) electrons. The van der Waals surface area contributed by atoms with Crippen molar-refractivity contribution in [2.45, 2.75) is 58.1 Å². The summed E-state index contributed by atoms with van der Waals surface area (Å²) in [4.78, 5) is 13.6. The Labute approximate surface area is 110 Å². The van der Waals surface area contributed by atoms with Crippen LogP contribution in [-0.2, 0) is 4.74 Å². The standard InChI is InChI=1S/C14H26N2O2/c1-14(2,3)18-13(17)16-8-11(9-16)10-4-6-12(15)7-5-10/h10-12H,4-9,15H2,1-3H3. The van der Waals surface area contributed by atoms with Crippen LogP contribution in [0.1, 0.15) is 46.5 Å². The maximum atomic E-state index is 11.8. The number of likely N-dealkylation sites (tertiary alicyclic amines) is 1. The van der Waals surface area contributed by atoms with Gasteiger partial charge in [-0.15, -0.1) is 0 Å². The third kappa shape index (κ3) is 3.37. The van der Waals surface area contributed by atoms with Gasteiger partial charge < -0.3 is 15.4 Å². The van der Waals surface area contributed by atoms with Crippen LogP contribution in [0.5, 0.6) is 0 Å².